The molecule has 6 aliphatic carbocycles. The van der Waals surface area contributed by atoms with Gasteiger partial charge in [-0.15, -0.1) is 0 Å². The fourth-order valence-electron chi connectivity index (χ4n) is 11.2. The summed E-state index contributed by atoms with van der Waals surface area (Å²) in [4.78, 5) is 25.3. The third kappa shape index (κ3) is 6.56. The highest BCUT2D eigenvalue weighted by atomic mass is 16.5. The molecule has 0 aromatic heterocycles. The van der Waals surface area contributed by atoms with Crippen molar-refractivity contribution in [3.05, 3.63) is 207 Å². The Morgan fingerprint density at radius 2 is 1.20 bits per heavy atom. The van der Waals surface area contributed by atoms with E-state index in [0.717, 1.165) is 33.4 Å². The maximum atomic E-state index is 13.0. The highest BCUT2D eigenvalue weighted by Gasteiger charge is 2.45. The molecule has 0 bridgehead atoms. The van der Waals surface area contributed by atoms with Crippen LogP contribution in [0.15, 0.2) is 180 Å². The van der Waals surface area contributed by atoms with Gasteiger partial charge in [-0.05, 0) is 145 Å². The second-order valence-corrected chi connectivity index (χ2v) is 20.2. The molecule has 3 unspecified atom stereocenters. The highest BCUT2D eigenvalue weighted by molar-refractivity contribution is 5.91. The second-order valence-electron chi connectivity index (χ2n) is 20.2. The van der Waals surface area contributed by atoms with Gasteiger partial charge in [0.1, 0.15) is 6.61 Å². The van der Waals surface area contributed by atoms with Crippen LogP contribution in [0.2, 0.25) is 0 Å². The summed E-state index contributed by atoms with van der Waals surface area (Å²) < 4.78 is 11.6. The standard InChI is InChI=1S/C60H56O4/c1-35(2)56(61)63-28-12-27-60(34-64-57(62)36(3)4)50-14-11-10-13-45(50)48-24-19-39(32-53(48)60)38-18-23-46-47-25-20-40(33-52(47)59(8,9)51(46)31-38)44-22-17-37-15-16-41-29-43(58(5,6)7)30-42-21-26-49(44)55(37)54(41)42/h10-11,13-26,29-33,54-55H,1,3,12,27-28,34H2,2,4-9H3. The topological polar surface area (TPSA) is 52.6 Å². The van der Waals surface area contributed by atoms with Gasteiger partial charge in [-0.1, -0.05) is 157 Å². The normalized spacial score (nSPS) is 21.3. The number of rotatable bonds is 10. The van der Waals surface area contributed by atoms with Gasteiger partial charge in [-0.2, -0.15) is 0 Å². The summed E-state index contributed by atoms with van der Waals surface area (Å²) >= 11 is 0. The van der Waals surface area contributed by atoms with Crippen LogP contribution in [-0.2, 0) is 29.9 Å². The molecule has 0 heterocycles. The molecule has 0 N–H and O–H groups in total. The summed E-state index contributed by atoms with van der Waals surface area (Å²) in [5.41, 5.74) is 21.4. The molecule has 0 saturated carbocycles. The lowest BCUT2D eigenvalue weighted by atomic mass is 9.61. The van der Waals surface area contributed by atoms with Crippen molar-refractivity contribution in [1.29, 1.82) is 0 Å². The van der Waals surface area contributed by atoms with Gasteiger partial charge in [-0.3, -0.25) is 0 Å². The van der Waals surface area contributed by atoms with E-state index in [2.05, 4.69) is 169 Å². The molecule has 0 amide bonds. The van der Waals surface area contributed by atoms with Crippen molar-refractivity contribution < 1.29 is 19.1 Å². The molecule has 0 aliphatic heterocycles. The maximum Gasteiger partial charge on any atom is 0.333 e. The molecule has 4 heteroatoms. The van der Waals surface area contributed by atoms with Crippen molar-refractivity contribution in [2.45, 2.75) is 72.1 Å². The number of carbonyl (C=O) groups excluding carboxylic acids is 2. The molecule has 10 rings (SSSR count). The molecule has 0 radical (unpaired) electrons. The SMILES string of the molecule is C=C(C)C(=O)OCCCC1(COC(=O)C(=C)C)c2ccccc2-c2ccc(-c3ccc4c(c3)C(C)(C)c3cc(C5=C6C=CC7=CC(C(C)(C)C)=CC8=CC=C(C=C5)C6C87)ccc3-4)cc21. The molecular formula is C60H56O4. The van der Waals surface area contributed by atoms with Crippen LogP contribution < -0.4 is 0 Å². The van der Waals surface area contributed by atoms with Gasteiger partial charge < -0.3 is 9.47 Å². The van der Waals surface area contributed by atoms with Gasteiger partial charge in [0, 0.05) is 28.4 Å². The number of hydrogen-bond donors (Lipinski definition) is 0. The van der Waals surface area contributed by atoms with E-state index in [1.165, 1.54) is 61.3 Å². The molecule has 0 fully saturated rings. The number of benzene rings is 4. The van der Waals surface area contributed by atoms with Crippen LogP contribution in [0.3, 0.4) is 0 Å². The quantitative estimate of drug-likeness (QED) is 0.0907. The Kier molecular flexibility index (Phi) is 9.76. The Bertz CT molecular complexity index is 2990. The van der Waals surface area contributed by atoms with Crippen LogP contribution in [0.1, 0.15) is 89.1 Å². The fourth-order valence-corrected chi connectivity index (χ4v) is 11.2. The van der Waals surface area contributed by atoms with Crippen molar-refractivity contribution in [3.63, 3.8) is 0 Å². The zero-order valence-corrected chi connectivity index (χ0v) is 38.2. The van der Waals surface area contributed by atoms with Crippen molar-refractivity contribution >= 4 is 17.5 Å². The lowest BCUT2D eigenvalue weighted by Crippen LogP contribution is -2.33. The number of fused-ring (bicyclic) bond motifs is 6. The zero-order valence-electron chi connectivity index (χ0n) is 38.2. The first kappa shape index (κ1) is 41.5. The van der Waals surface area contributed by atoms with E-state index in [9.17, 15) is 9.59 Å². The van der Waals surface area contributed by atoms with Gasteiger partial charge in [0.05, 0.1) is 12.0 Å². The Hall–Kier alpha value is -6.52. The minimum absolute atomic E-state index is 0.0905. The number of carbonyl (C=O) groups is 2. The Morgan fingerprint density at radius 1 is 0.625 bits per heavy atom. The molecule has 64 heavy (non-hydrogen) atoms. The summed E-state index contributed by atoms with van der Waals surface area (Å²) in [6.45, 7) is 22.9. The Morgan fingerprint density at radius 3 is 1.89 bits per heavy atom. The summed E-state index contributed by atoms with van der Waals surface area (Å²) in [6.07, 6.45) is 20.2. The van der Waals surface area contributed by atoms with E-state index in [4.69, 9.17) is 9.47 Å². The van der Waals surface area contributed by atoms with E-state index >= 15 is 0 Å². The molecular weight excluding hydrogens is 785 g/mol. The van der Waals surface area contributed by atoms with E-state index in [1.807, 2.05) is 6.07 Å². The summed E-state index contributed by atoms with van der Waals surface area (Å²) in [7, 11) is 0. The summed E-state index contributed by atoms with van der Waals surface area (Å²) in [6, 6.07) is 29.2. The van der Waals surface area contributed by atoms with Crippen LogP contribution in [0.25, 0.3) is 39.0 Å². The minimum atomic E-state index is -0.658. The average Bonchev–Trinajstić information content (AvgIpc) is 3.68. The van der Waals surface area contributed by atoms with Crippen molar-refractivity contribution in [2.75, 3.05) is 13.2 Å². The maximum absolute atomic E-state index is 13.0. The number of allylic oxidation sites excluding steroid dienone is 14. The van der Waals surface area contributed by atoms with E-state index in [0.29, 0.717) is 35.8 Å². The monoisotopic (exact) mass is 840 g/mol. The predicted molar refractivity (Wildman–Crippen MR) is 260 cm³/mol. The van der Waals surface area contributed by atoms with Crippen molar-refractivity contribution in [1.82, 2.24) is 0 Å². The molecule has 6 aliphatic rings. The van der Waals surface area contributed by atoms with E-state index < -0.39 is 17.4 Å². The number of hydrogen-bond acceptors (Lipinski definition) is 4. The van der Waals surface area contributed by atoms with Crippen LogP contribution >= 0.6 is 0 Å². The third-order valence-corrected chi connectivity index (χ3v) is 14.6. The van der Waals surface area contributed by atoms with Crippen LogP contribution in [0, 0.1) is 17.3 Å². The molecule has 320 valence electrons. The van der Waals surface area contributed by atoms with Gasteiger partial charge in [-0.25, -0.2) is 9.59 Å². The Balaban J connectivity index is 0.999. The van der Waals surface area contributed by atoms with Crippen molar-refractivity contribution in [3.8, 4) is 33.4 Å². The van der Waals surface area contributed by atoms with E-state index in [1.54, 1.807) is 13.8 Å². The Labute approximate surface area is 378 Å². The third-order valence-electron chi connectivity index (χ3n) is 14.6. The zero-order chi connectivity index (χ0) is 44.9. The first-order chi connectivity index (χ1) is 30.6. The second kappa shape index (κ2) is 15.0. The fraction of sp³-hybridized carbons (Fsp3) is 0.267. The van der Waals surface area contributed by atoms with Gasteiger partial charge in [0.25, 0.3) is 0 Å². The lowest BCUT2D eigenvalue weighted by molar-refractivity contribution is -0.140. The number of esters is 2. The smallest absolute Gasteiger partial charge is 0.333 e. The summed E-state index contributed by atoms with van der Waals surface area (Å²) in [5, 5.41) is 0. The van der Waals surface area contributed by atoms with Gasteiger partial charge >= 0.3 is 11.9 Å². The highest BCUT2D eigenvalue weighted by Crippen LogP contribution is 2.56. The van der Waals surface area contributed by atoms with Crippen LogP contribution in [0.4, 0.5) is 0 Å². The van der Waals surface area contributed by atoms with E-state index in [-0.39, 0.29) is 24.0 Å². The molecule has 0 spiro atoms. The first-order valence-corrected chi connectivity index (χ1v) is 22.7. The number of ether oxygens (including phenoxy) is 2. The molecule has 3 atom stereocenters. The lowest BCUT2D eigenvalue weighted by Gasteiger charge is -2.42. The predicted octanol–water partition coefficient (Wildman–Crippen LogP) is 13.8. The average molecular weight is 841 g/mol. The summed E-state index contributed by atoms with van der Waals surface area (Å²) in [5.74, 6) is -0.170. The van der Waals surface area contributed by atoms with Gasteiger partial charge in [0.15, 0.2) is 0 Å². The van der Waals surface area contributed by atoms with Crippen LogP contribution in [-0.4, -0.2) is 25.2 Å². The largest absolute Gasteiger partial charge is 0.462 e. The van der Waals surface area contributed by atoms with Crippen molar-refractivity contribution in [2.24, 2.45) is 17.3 Å². The van der Waals surface area contributed by atoms with Gasteiger partial charge in [0.2, 0.25) is 0 Å². The first-order valence-electron chi connectivity index (χ1n) is 22.7. The minimum Gasteiger partial charge on any atom is -0.462 e. The molecule has 4 aromatic rings. The van der Waals surface area contributed by atoms with Crippen LogP contribution in [0.5, 0.6) is 0 Å². The molecule has 4 aromatic carbocycles. The molecule has 0 saturated heterocycles. The molecule has 4 nitrogen and oxygen atoms in total.